The lowest BCUT2D eigenvalue weighted by molar-refractivity contribution is -0.116. The lowest BCUT2D eigenvalue weighted by Gasteiger charge is -2.06. The maximum Gasteiger partial charge on any atom is 0.226 e. The van der Waals surface area contributed by atoms with E-state index in [4.69, 9.17) is 0 Å². The van der Waals surface area contributed by atoms with Crippen LogP contribution in [0.4, 0.5) is 5.69 Å². The van der Waals surface area contributed by atoms with Gasteiger partial charge in [0.15, 0.2) is 0 Å². The number of hydrogen-bond donors (Lipinski definition) is 1. The molecule has 0 aliphatic rings. The molecule has 1 N–H and O–H groups in total. The molecule has 0 aliphatic carbocycles. The van der Waals surface area contributed by atoms with Gasteiger partial charge >= 0.3 is 0 Å². The summed E-state index contributed by atoms with van der Waals surface area (Å²) in [5.74, 6) is 0.00832. The molecule has 1 aromatic heterocycles. The largest absolute Gasteiger partial charge is 0.330 e. The van der Waals surface area contributed by atoms with Crippen LogP contribution in [0.15, 0.2) is 54.9 Å². The Morgan fingerprint density at radius 2 is 1.90 bits per heavy atom. The fraction of sp³-hybridized carbons (Fsp3) is 0.125. The average Bonchev–Trinajstić information content (AvgIpc) is 2.91. The Hall–Kier alpha value is -1.89. The van der Waals surface area contributed by atoms with Crippen molar-refractivity contribution < 1.29 is 4.79 Å². The maximum absolute atomic E-state index is 12.0. The number of halogens is 1. The quantitative estimate of drug-likeness (QED) is 0.690. The smallest absolute Gasteiger partial charge is 0.226 e. The Morgan fingerprint density at radius 1 is 1.14 bits per heavy atom. The number of carbonyl (C=O) groups is 1. The highest BCUT2D eigenvalue weighted by Gasteiger charge is 2.05. The minimum Gasteiger partial charge on any atom is -0.330 e. The van der Waals surface area contributed by atoms with Crippen molar-refractivity contribution in [3.05, 3.63) is 58.4 Å². The molecule has 2 aromatic carbocycles. The molecule has 3 aromatic rings. The third kappa shape index (κ3) is 3.41. The Labute approximate surface area is 136 Å². The molecule has 3 rings (SSSR count). The van der Waals surface area contributed by atoms with Crippen LogP contribution in [0, 0.1) is 3.57 Å². The van der Waals surface area contributed by atoms with Gasteiger partial charge in [0, 0.05) is 22.2 Å². The Kier molecular flexibility index (Phi) is 4.19. The number of anilines is 1. The van der Waals surface area contributed by atoms with Crippen molar-refractivity contribution >= 4 is 45.2 Å². The number of rotatable bonds is 4. The summed E-state index contributed by atoms with van der Waals surface area (Å²) < 4.78 is 3.15. The summed E-state index contributed by atoms with van der Waals surface area (Å²) in [4.78, 5) is 16.3. The monoisotopic (exact) mass is 391 g/mol. The lowest BCUT2D eigenvalue weighted by atomic mass is 10.3. The maximum atomic E-state index is 12.0. The van der Waals surface area contributed by atoms with E-state index in [1.165, 1.54) is 0 Å². The van der Waals surface area contributed by atoms with Crippen LogP contribution in [0.3, 0.4) is 0 Å². The number of hydrogen-bond acceptors (Lipinski definition) is 2. The Bertz CT molecular complexity index is 765. The van der Waals surface area contributed by atoms with Crippen LogP contribution in [0.5, 0.6) is 0 Å². The number of carbonyl (C=O) groups excluding carboxylic acids is 1. The summed E-state index contributed by atoms with van der Waals surface area (Å²) in [6.07, 6.45) is 2.20. The summed E-state index contributed by atoms with van der Waals surface area (Å²) in [5, 5.41) is 2.90. The lowest BCUT2D eigenvalue weighted by Crippen LogP contribution is -2.14. The number of para-hydroxylation sites is 2. The van der Waals surface area contributed by atoms with E-state index >= 15 is 0 Å². The number of fused-ring (bicyclic) bond motifs is 1. The van der Waals surface area contributed by atoms with E-state index in [1.54, 1.807) is 6.33 Å². The van der Waals surface area contributed by atoms with Gasteiger partial charge in [-0.3, -0.25) is 4.79 Å². The summed E-state index contributed by atoms with van der Waals surface area (Å²) in [6, 6.07) is 15.7. The Balaban J connectivity index is 1.62. The second kappa shape index (κ2) is 6.26. The Morgan fingerprint density at radius 3 is 2.71 bits per heavy atom. The van der Waals surface area contributed by atoms with Gasteiger partial charge in [-0.1, -0.05) is 12.1 Å². The number of aryl methyl sites for hydroxylation is 1. The predicted octanol–water partition coefficient (Wildman–Crippen LogP) is 3.67. The number of aromatic nitrogens is 2. The van der Waals surface area contributed by atoms with Gasteiger partial charge in [0.25, 0.3) is 0 Å². The van der Waals surface area contributed by atoms with Crippen LogP contribution in [-0.4, -0.2) is 15.5 Å². The summed E-state index contributed by atoms with van der Waals surface area (Å²) in [7, 11) is 0. The minimum atomic E-state index is 0.00832. The molecule has 0 spiro atoms. The molecule has 0 radical (unpaired) electrons. The van der Waals surface area contributed by atoms with Gasteiger partial charge < -0.3 is 9.88 Å². The molecule has 4 nitrogen and oxygen atoms in total. The zero-order valence-corrected chi connectivity index (χ0v) is 13.4. The van der Waals surface area contributed by atoms with E-state index in [2.05, 4.69) is 32.9 Å². The van der Waals surface area contributed by atoms with Gasteiger partial charge in [0.05, 0.1) is 17.4 Å². The van der Waals surface area contributed by atoms with Crippen LogP contribution in [0.1, 0.15) is 6.42 Å². The SMILES string of the molecule is O=C(CCn1cnc2ccccc21)Nc1ccc(I)cc1. The van der Waals surface area contributed by atoms with Crippen molar-refractivity contribution in [2.75, 3.05) is 5.32 Å². The van der Waals surface area contributed by atoms with Gasteiger partial charge in [0.2, 0.25) is 5.91 Å². The zero-order chi connectivity index (χ0) is 14.7. The third-order valence-electron chi connectivity index (χ3n) is 3.24. The van der Waals surface area contributed by atoms with Crippen LogP contribution in [0.2, 0.25) is 0 Å². The summed E-state index contributed by atoms with van der Waals surface area (Å²) in [5.41, 5.74) is 2.84. The topological polar surface area (TPSA) is 46.9 Å². The number of amides is 1. The molecule has 0 saturated heterocycles. The highest BCUT2D eigenvalue weighted by molar-refractivity contribution is 14.1. The molecule has 0 aliphatic heterocycles. The molecule has 0 unspecified atom stereocenters. The number of benzene rings is 2. The van der Waals surface area contributed by atoms with Gasteiger partial charge in [0.1, 0.15) is 0 Å². The van der Waals surface area contributed by atoms with Crippen molar-refractivity contribution in [3.8, 4) is 0 Å². The molecule has 0 fully saturated rings. The summed E-state index contributed by atoms with van der Waals surface area (Å²) in [6.45, 7) is 0.622. The van der Waals surface area contributed by atoms with Crippen LogP contribution < -0.4 is 5.32 Å². The molecule has 21 heavy (non-hydrogen) atoms. The van der Waals surface area contributed by atoms with Gasteiger partial charge in [-0.2, -0.15) is 0 Å². The average molecular weight is 391 g/mol. The summed E-state index contributed by atoms with van der Waals surface area (Å²) >= 11 is 2.24. The molecular formula is C16H14IN3O. The molecule has 0 bridgehead atoms. The number of nitrogens with one attached hydrogen (secondary N) is 1. The normalized spacial score (nSPS) is 10.7. The molecule has 0 atom stereocenters. The standard InChI is InChI=1S/C16H14IN3O/c17-12-5-7-13(8-6-12)19-16(21)9-10-20-11-18-14-3-1-2-4-15(14)20/h1-8,11H,9-10H2,(H,19,21). The second-order valence-corrected chi connectivity index (χ2v) is 5.98. The first-order valence-electron chi connectivity index (χ1n) is 6.68. The minimum absolute atomic E-state index is 0.00832. The number of imidazole rings is 1. The molecule has 0 saturated carbocycles. The molecule has 1 heterocycles. The zero-order valence-electron chi connectivity index (χ0n) is 11.3. The van der Waals surface area contributed by atoms with Gasteiger partial charge in [-0.15, -0.1) is 0 Å². The first-order valence-corrected chi connectivity index (χ1v) is 7.75. The van der Waals surface area contributed by atoms with E-state index in [0.29, 0.717) is 13.0 Å². The van der Waals surface area contributed by atoms with E-state index in [9.17, 15) is 4.79 Å². The van der Waals surface area contributed by atoms with Crippen molar-refractivity contribution in [1.82, 2.24) is 9.55 Å². The molecule has 5 heteroatoms. The van der Waals surface area contributed by atoms with Crippen molar-refractivity contribution in [2.24, 2.45) is 0 Å². The van der Waals surface area contributed by atoms with Crippen molar-refractivity contribution in [2.45, 2.75) is 13.0 Å². The third-order valence-corrected chi connectivity index (χ3v) is 3.95. The van der Waals surface area contributed by atoms with Crippen molar-refractivity contribution in [3.63, 3.8) is 0 Å². The molecule has 1 amide bonds. The first-order chi connectivity index (χ1) is 10.2. The predicted molar refractivity (Wildman–Crippen MR) is 92.1 cm³/mol. The molecular weight excluding hydrogens is 377 g/mol. The van der Waals surface area contributed by atoms with E-state index in [-0.39, 0.29) is 5.91 Å². The van der Waals surface area contributed by atoms with E-state index in [0.717, 1.165) is 20.3 Å². The van der Waals surface area contributed by atoms with Crippen LogP contribution in [0.25, 0.3) is 11.0 Å². The van der Waals surface area contributed by atoms with Crippen LogP contribution in [-0.2, 0) is 11.3 Å². The van der Waals surface area contributed by atoms with E-state index < -0.39 is 0 Å². The first kappa shape index (κ1) is 14.1. The number of nitrogens with zero attached hydrogens (tertiary/aromatic N) is 2. The van der Waals surface area contributed by atoms with Crippen LogP contribution >= 0.6 is 22.6 Å². The molecule has 106 valence electrons. The van der Waals surface area contributed by atoms with Gasteiger partial charge in [-0.25, -0.2) is 4.98 Å². The van der Waals surface area contributed by atoms with Crippen molar-refractivity contribution in [1.29, 1.82) is 0 Å². The van der Waals surface area contributed by atoms with Gasteiger partial charge in [-0.05, 0) is 59.0 Å². The fourth-order valence-corrected chi connectivity index (χ4v) is 2.53. The van der Waals surface area contributed by atoms with E-state index in [1.807, 2.05) is 53.1 Å². The highest BCUT2D eigenvalue weighted by Crippen LogP contribution is 2.14. The highest BCUT2D eigenvalue weighted by atomic mass is 127. The fourth-order valence-electron chi connectivity index (χ4n) is 2.17. The second-order valence-electron chi connectivity index (χ2n) is 4.73.